The molecule has 1 aliphatic carbocycles. The fourth-order valence-electron chi connectivity index (χ4n) is 5.80. The number of aromatic nitrogens is 3. The van der Waals surface area contributed by atoms with Crippen molar-refractivity contribution in [2.75, 3.05) is 0 Å². The fraction of sp³-hybridized carbons (Fsp3) is 0.382. The lowest BCUT2D eigenvalue weighted by atomic mass is 9.77. The highest BCUT2D eigenvalue weighted by molar-refractivity contribution is 5.98. The zero-order chi connectivity index (χ0) is 26.5. The van der Waals surface area contributed by atoms with E-state index in [-0.39, 0.29) is 5.78 Å². The molecule has 4 aromatic rings. The smallest absolute Gasteiger partial charge is 0.167 e. The predicted molar refractivity (Wildman–Crippen MR) is 153 cm³/mol. The summed E-state index contributed by atoms with van der Waals surface area (Å²) < 4.78 is 1.72. The third kappa shape index (κ3) is 6.05. The average Bonchev–Trinajstić information content (AvgIpc) is 3.34. The number of carbonyl (C=O) groups is 1. The highest BCUT2D eigenvalue weighted by Crippen LogP contribution is 2.34. The minimum atomic E-state index is 0.117. The first-order chi connectivity index (χ1) is 18.5. The Labute approximate surface area is 226 Å². The van der Waals surface area contributed by atoms with E-state index in [0.717, 1.165) is 39.9 Å². The van der Waals surface area contributed by atoms with Crippen molar-refractivity contribution in [2.45, 2.75) is 72.1 Å². The largest absolute Gasteiger partial charge is 0.294 e. The number of hydrogen-bond donors (Lipinski definition) is 0. The number of fused-ring (bicyclic) bond motifs is 1. The van der Waals surface area contributed by atoms with Gasteiger partial charge in [0.25, 0.3) is 0 Å². The lowest BCUT2D eigenvalue weighted by molar-refractivity contribution is 0.0993. The first kappa shape index (κ1) is 25.9. The van der Waals surface area contributed by atoms with Gasteiger partial charge in [-0.25, -0.2) is 9.50 Å². The van der Waals surface area contributed by atoms with Crippen LogP contribution in [-0.2, 0) is 12.8 Å². The van der Waals surface area contributed by atoms with Crippen LogP contribution in [0.3, 0.4) is 0 Å². The Morgan fingerprint density at radius 3 is 2.58 bits per heavy atom. The van der Waals surface area contributed by atoms with Crippen LogP contribution in [0.1, 0.15) is 89.3 Å². The van der Waals surface area contributed by atoms with Crippen molar-refractivity contribution in [2.24, 2.45) is 11.8 Å². The highest BCUT2D eigenvalue weighted by atomic mass is 16.1. The zero-order valence-electron chi connectivity index (χ0n) is 22.8. The second-order valence-electron chi connectivity index (χ2n) is 11.0. The topological polar surface area (TPSA) is 47.3 Å². The van der Waals surface area contributed by atoms with Crippen molar-refractivity contribution < 1.29 is 4.79 Å². The van der Waals surface area contributed by atoms with E-state index >= 15 is 0 Å². The number of Topliss-reactive ketones (excluding diaryl/α,β-unsaturated/α-hetero) is 1. The molecular weight excluding hydrogens is 466 g/mol. The van der Waals surface area contributed by atoms with Gasteiger partial charge < -0.3 is 0 Å². The van der Waals surface area contributed by atoms with Crippen molar-refractivity contribution in [1.29, 1.82) is 0 Å². The molecule has 2 aromatic carbocycles. The summed E-state index contributed by atoms with van der Waals surface area (Å²) in [5, 5.41) is 4.32. The Balaban J connectivity index is 1.25. The van der Waals surface area contributed by atoms with E-state index < -0.39 is 0 Å². The standard InChI is InChI=1S/C34H37N3O/c1-4-6-26-9-11-27(12-10-26)20-29-15-13-28(19-25(29)3)21-33(38)31-14-8-24(2)30(22-31)16-17-32-23-35-34-7-5-18-36-37(32)34/h5,7-8,13-15,18-19,22-23,26-27H,4,6,9-12,20-21H2,1-3H3. The molecule has 2 heterocycles. The maximum atomic E-state index is 13.2. The van der Waals surface area contributed by atoms with Crippen molar-refractivity contribution >= 4 is 11.4 Å². The van der Waals surface area contributed by atoms with Crippen LogP contribution in [0.4, 0.5) is 0 Å². The molecule has 1 fully saturated rings. The molecule has 1 saturated carbocycles. The molecule has 0 spiro atoms. The van der Waals surface area contributed by atoms with Crippen LogP contribution in [-0.4, -0.2) is 20.4 Å². The predicted octanol–water partition coefficient (Wildman–Crippen LogP) is 7.32. The molecule has 0 bridgehead atoms. The lowest BCUT2D eigenvalue weighted by Gasteiger charge is -2.28. The molecule has 0 unspecified atom stereocenters. The Bertz CT molecular complexity index is 1500. The van der Waals surface area contributed by atoms with Crippen LogP contribution >= 0.6 is 0 Å². The third-order valence-corrected chi connectivity index (χ3v) is 8.11. The summed E-state index contributed by atoms with van der Waals surface area (Å²) >= 11 is 0. The summed E-state index contributed by atoms with van der Waals surface area (Å²) in [6.07, 6.45) is 13.2. The van der Waals surface area contributed by atoms with Crippen molar-refractivity contribution in [3.63, 3.8) is 0 Å². The average molecular weight is 504 g/mol. The molecule has 4 nitrogen and oxygen atoms in total. The van der Waals surface area contributed by atoms with Crippen LogP contribution in [0, 0.1) is 37.5 Å². The summed E-state index contributed by atoms with van der Waals surface area (Å²) in [7, 11) is 0. The maximum absolute atomic E-state index is 13.2. The molecule has 38 heavy (non-hydrogen) atoms. The Morgan fingerprint density at radius 2 is 1.79 bits per heavy atom. The van der Waals surface area contributed by atoms with Gasteiger partial charge in [0.15, 0.2) is 11.4 Å². The van der Waals surface area contributed by atoms with Gasteiger partial charge >= 0.3 is 0 Å². The summed E-state index contributed by atoms with van der Waals surface area (Å²) in [6.45, 7) is 6.51. The second kappa shape index (κ2) is 11.8. The SMILES string of the molecule is CCCC1CCC(Cc2ccc(CC(=O)c3ccc(C)c(C#Cc4cnc5cccnn45)c3)cc2C)CC1. The number of imidazole rings is 1. The molecule has 0 atom stereocenters. The van der Waals surface area contributed by atoms with Gasteiger partial charge in [-0.05, 0) is 91.3 Å². The Hall–Kier alpha value is -3.71. The van der Waals surface area contributed by atoms with Gasteiger partial charge in [-0.2, -0.15) is 5.10 Å². The number of aryl methyl sites for hydroxylation is 2. The lowest BCUT2D eigenvalue weighted by Crippen LogP contribution is -2.16. The summed E-state index contributed by atoms with van der Waals surface area (Å²) in [5.41, 5.74) is 7.90. The summed E-state index contributed by atoms with van der Waals surface area (Å²) in [6, 6.07) is 16.2. The summed E-state index contributed by atoms with van der Waals surface area (Å²) in [5.74, 6) is 8.27. The molecular formula is C34H37N3O. The molecule has 0 saturated heterocycles. The van der Waals surface area contributed by atoms with Crippen molar-refractivity contribution in [3.05, 3.63) is 100.0 Å². The molecule has 2 aromatic heterocycles. The zero-order valence-corrected chi connectivity index (χ0v) is 22.8. The number of carbonyl (C=O) groups excluding carboxylic acids is 1. The van der Waals surface area contributed by atoms with E-state index in [2.05, 4.69) is 54.0 Å². The fourth-order valence-corrected chi connectivity index (χ4v) is 5.80. The molecule has 0 aliphatic heterocycles. The summed E-state index contributed by atoms with van der Waals surface area (Å²) in [4.78, 5) is 17.6. The van der Waals surface area contributed by atoms with Gasteiger partial charge in [-0.1, -0.05) is 68.9 Å². The van der Waals surface area contributed by atoms with Crippen molar-refractivity contribution in [1.82, 2.24) is 14.6 Å². The minimum Gasteiger partial charge on any atom is -0.294 e. The van der Waals surface area contributed by atoms with E-state index in [4.69, 9.17) is 0 Å². The number of ketones is 1. The van der Waals surface area contributed by atoms with Gasteiger partial charge in [-0.3, -0.25) is 4.79 Å². The monoisotopic (exact) mass is 503 g/mol. The molecule has 4 heteroatoms. The van der Waals surface area contributed by atoms with Crippen LogP contribution in [0.5, 0.6) is 0 Å². The maximum Gasteiger partial charge on any atom is 0.167 e. The highest BCUT2D eigenvalue weighted by Gasteiger charge is 2.21. The number of benzene rings is 2. The van der Waals surface area contributed by atoms with E-state index in [1.807, 2.05) is 37.3 Å². The molecule has 1 aliphatic rings. The first-order valence-electron chi connectivity index (χ1n) is 14.0. The van der Waals surface area contributed by atoms with E-state index in [1.165, 1.54) is 56.1 Å². The van der Waals surface area contributed by atoms with Gasteiger partial charge in [0.05, 0.1) is 6.20 Å². The number of rotatable bonds is 7. The van der Waals surface area contributed by atoms with Gasteiger partial charge in [0.1, 0.15) is 5.69 Å². The Kier molecular flexibility index (Phi) is 8.03. The van der Waals surface area contributed by atoms with E-state index in [1.54, 1.807) is 16.9 Å². The third-order valence-electron chi connectivity index (χ3n) is 8.11. The van der Waals surface area contributed by atoms with E-state index in [9.17, 15) is 4.79 Å². The van der Waals surface area contributed by atoms with Gasteiger partial charge in [0.2, 0.25) is 0 Å². The second-order valence-corrected chi connectivity index (χ2v) is 11.0. The van der Waals surface area contributed by atoms with Crippen LogP contribution < -0.4 is 0 Å². The van der Waals surface area contributed by atoms with Crippen molar-refractivity contribution in [3.8, 4) is 11.8 Å². The minimum absolute atomic E-state index is 0.117. The van der Waals surface area contributed by atoms with Gasteiger partial charge in [0, 0.05) is 23.7 Å². The van der Waals surface area contributed by atoms with Crippen LogP contribution in [0.15, 0.2) is 60.9 Å². The molecule has 194 valence electrons. The van der Waals surface area contributed by atoms with Gasteiger partial charge in [-0.15, -0.1) is 0 Å². The molecule has 0 N–H and O–H groups in total. The normalized spacial score (nSPS) is 17.2. The molecule has 0 radical (unpaired) electrons. The number of hydrogen-bond acceptors (Lipinski definition) is 3. The Morgan fingerprint density at radius 1 is 0.974 bits per heavy atom. The van der Waals surface area contributed by atoms with Crippen LogP contribution in [0.25, 0.3) is 5.65 Å². The van der Waals surface area contributed by atoms with E-state index in [0.29, 0.717) is 12.0 Å². The first-order valence-corrected chi connectivity index (χ1v) is 14.0. The number of nitrogens with zero attached hydrogens (tertiary/aromatic N) is 3. The molecule has 0 amide bonds. The van der Waals surface area contributed by atoms with Crippen LogP contribution in [0.2, 0.25) is 0 Å². The molecule has 5 rings (SSSR count). The quantitative estimate of drug-likeness (QED) is 0.196.